The molecule has 44 heavy (non-hydrogen) atoms. The lowest BCUT2D eigenvalue weighted by atomic mass is 9.40. The van der Waals surface area contributed by atoms with E-state index in [2.05, 4.69) is 20.4 Å². The lowest BCUT2D eigenvalue weighted by Crippen LogP contribution is -2.66. The molecule has 1 spiro atoms. The zero-order valence-electron chi connectivity index (χ0n) is 26.8. The van der Waals surface area contributed by atoms with Crippen LogP contribution in [0.2, 0.25) is 0 Å². The summed E-state index contributed by atoms with van der Waals surface area (Å²) in [6.07, 6.45) is 5.46. The number of allylic oxidation sites excluding steroid dienone is 1. The topological polar surface area (TPSA) is 78.9 Å². The molecule has 4 aliphatic rings. The Labute approximate surface area is 261 Å². The van der Waals surface area contributed by atoms with E-state index >= 15 is 0 Å². The van der Waals surface area contributed by atoms with Gasteiger partial charge in [0, 0.05) is 17.8 Å². The molecule has 0 aromatic heterocycles. The second kappa shape index (κ2) is 11.2. The molecule has 4 saturated carbocycles. The van der Waals surface area contributed by atoms with Gasteiger partial charge < -0.3 is 14.2 Å². The molecule has 0 radical (unpaired) electrons. The molecule has 0 saturated heterocycles. The lowest BCUT2D eigenvalue weighted by molar-refractivity contribution is -0.232. The fourth-order valence-corrected chi connectivity index (χ4v) is 9.84. The van der Waals surface area contributed by atoms with Crippen LogP contribution in [0, 0.1) is 47.8 Å². The Balaban J connectivity index is 1.37. The fraction of sp³-hybridized carbons (Fsp3) is 0.553. The van der Waals surface area contributed by atoms with Gasteiger partial charge >= 0.3 is 17.9 Å². The van der Waals surface area contributed by atoms with E-state index in [9.17, 15) is 14.4 Å². The highest BCUT2D eigenvalue weighted by Crippen LogP contribution is 2.73. The molecule has 8 atom stereocenters. The second-order valence-corrected chi connectivity index (χ2v) is 14.7. The van der Waals surface area contributed by atoms with Crippen LogP contribution in [0.15, 0.2) is 60.7 Å². The first-order chi connectivity index (χ1) is 20.9. The van der Waals surface area contributed by atoms with Gasteiger partial charge in [0.2, 0.25) is 0 Å². The minimum Gasteiger partial charge on any atom is -0.465 e. The van der Waals surface area contributed by atoms with E-state index in [0.717, 1.165) is 43.2 Å². The molecule has 1 unspecified atom stereocenters. The van der Waals surface area contributed by atoms with Gasteiger partial charge in [-0.25, -0.2) is 9.59 Å². The molecule has 6 heteroatoms. The third-order valence-corrected chi connectivity index (χ3v) is 12.1. The van der Waals surface area contributed by atoms with Crippen molar-refractivity contribution in [2.75, 3.05) is 6.61 Å². The summed E-state index contributed by atoms with van der Waals surface area (Å²) in [5.41, 5.74) is 3.57. The summed E-state index contributed by atoms with van der Waals surface area (Å²) in [7, 11) is 0. The van der Waals surface area contributed by atoms with Crippen LogP contribution in [0.3, 0.4) is 0 Å². The Kier molecular flexibility index (Phi) is 7.78. The number of hydrogen-bond acceptors (Lipinski definition) is 6. The third kappa shape index (κ3) is 5.08. The molecule has 234 valence electrons. The quantitative estimate of drug-likeness (QED) is 0.192. The van der Waals surface area contributed by atoms with Crippen LogP contribution in [0.1, 0.15) is 97.6 Å². The number of ether oxygens (including phenoxy) is 3. The summed E-state index contributed by atoms with van der Waals surface area (Å²) in [6.45, 7) is 14.6. The van der Waals surface area contributed by atoms with Gasteiger partial charge in [0.15, 0.2) is 0 Å². The Morgan fingerprint density at radius 1 is 0.818 bits per heavy atom. The van der Waals surface area contributed by atoms with Gasteiger partial charge in [0.25, 0.3) is 0 Å². The van der Waals surface area contributed by atoms with Crippen molar-refractivity contribution in [3.8, 4) is 0 Å². The molecular formula is C38H46O6. The normalized spacial score (nSPS) is 35.7. The van der Waals surface area contributed by atoms with E-state index in [-0.39, 0.29) is 47.4 Å². The number of aryl methyl sites for hydroxylation is 2. The largest absolute Gasteiger partial charge is 0.465 e. The fourth-order valence-electron chi connectivity index (χ4n) is 9.84. The maximum atomic E-state index is 13.7. The maximum Gasteiger partial charge on any atom is 0.338 e. The van der Waals surface area contributed by atoms with Crippen LogP contribution in [0.25, 0.3) is 0 Å². The van der Waals surface area contributed by atoms with Gasteiger partial charge in [-0.15, -0.1) is 0 Å². The molecule has 2 aromatic carbocycles. The number of carbonyl (C=O) groups excluding carboxylic acids is 3. The van der Waals surface area contributed by atoms with E-state index < -0.39 is 11.5 Å². The lowest BCUT2D eigenvalue weighted by Gasteiger charge is -2.66. The van der Waals surface area contributed by atoms with Crippen LogP contribution in [0.5, 0.6) is 0 Å². The summed E-state index contributed by atoms with van der Waals surface area (Å²) in [4.78, 5) is 39.3. The summed E-state index contributed by atoms with van der Waals surface area (Å²) in [6, 6.07) is 15.0. The predicted molar refractivity (Wildman–Crippen MR) is 168 cm³/mol. The Hall–Kier alpha value is -3.41. The van der Waals surface area contributed by atoms with Crippen molar-refractivity contribution in [1.82, 2.24) is 0 Å². The second-order valence-electron chi connectivity index (χ2n) is 14.7. The van der Waals surface area contributed by atoms with E-state index in [1.807, 2.05) is 50.2 Å². The van der Waals surface area contributed by atoms with E-state index in [0.29, 0.717) is 35.8 Å². The SMILES string of the molecule is C=C1C[C@]23C[C@H]1CC[C@H]2[C@]1(C)CC[C@@H](OC(=O)c2ccc(C)cc2)[C@](C)(COC(C)=O)C1C[C@@H]3OC(=O)c1ccc(C)cc1. The van der Waals surface area contributed by atoms with Crippen molar-refractivity contribution in [1.29, 1.82) is 0 Å². The van der Waals surface area contributed by atoms with E-state index in [4.69, 9.17) is 14.2 Å². The molecule has 2 bridgehead atoms. The highest BCUT2D eigenvalue weighted by atomic mass is 16.6. The highest BCUT2D eigenvalue weighted by molar-refractivity contribution is 5.90. The van der Waals surface area contributed by atoms with E-state index in [1.54, 1.807) is 12.1 Å². The van der Waals surface area contributed by atoms with Crippen LogP contribution >= 0.6 is 0 Å². The van der Waals surface area contributed by atoms with Crippen molar-refractivity contribution in [2.45, 2.75) is 91.8 Å². The van der Waals surface area contributed by atoms with Crippen molar-refractivity contribution >= 4 is 17.9 Å². The molecule has 0 amide bonds. The van der Waals surface area contributed by atoms with Crippen LogP contribution < -0.4 is 0 Å². The zero-order valence-corrected chi connectivity index (χ0v) is 26.8. The molecule has 4 fully saturated rings. The number of fused-ring (bicyclic) bond motifs is 3. The third-order valence-electron chi connectivity index (χ3n) is 12.1. The number of esters is 3. The Morgan fingerprint density at radius 3 is 1.95 bits per heavy atom. The first-order valence-electron chi connectivity index (χ1n) is 16.2. The number of hydrogen-bond donors (Lipinski definition) is 0. The average Bonchev–Trinajstić information content (AvgIpc) is 3.23. The van der Waals surface area contributed by atoms with Crippen molar-refractivity contribution in [3.05, 3.63) is 82.9 Å². The maximum absolute atomic E-state index is 13.7. The molecule has 0 heterocycles. The Morgan fingerprint density at radius 2 is 1.39 bits per heavy atom. The molecule has 2 aromatic rings. The summed E-state index contributed by atoms with van der Waals surface area (Å²) in [5, 5.41) is 0. The van der Waals surface area contributed by atoms with Gasteiger partial charge in [0.1, 0.15) is 18.8 Å². The van der Waals surface area contributed by atoms with Crippen molar-refractivity contribution < 1.29 is 28.6 Å². The van der Waals surface area contributed by atoms with Gasteiger partial charge in [-0.1, -0.05) is 61.4 Å². The standard InChI is InChI=1S/C38H46O6/c1-23-7-11-27(12-8-23)34(40)43-32-17-18-36(5)30-16-15-29-21-38(30,20-25(29)3)33(19-31(36)37(32,6)22-42-26(4)39)44-35(41)28-13-9-24(2)10-14-28/h7-14,29-33H,3,15-22H2,1-2,4-6H3/t29-,30+,31?,32-,33+,36+,37-,38+/m1/s1. The summed E-state index contributed by atoms with van der Waals surface area (Å²) >= 11 is 0. The number of rotatable bonds is 6. The summed E-state index contributed by atoms with van der Waals surface area (Å²) < 4.78 is 18.7. The first kappa shape index (κ1) is 30.6. The van der Waals surface area contributed by atoms with Gasteiger partial charge in [-0.3, -0.25) is 4.79 Å². The minimum atomic E-state index is -0.665. The average molecular weight is 599 g/mol. The molecule has 6 nitrogen and oxygen atoms in total. The zero-order chi connectivity index (χ0) is 31.4. The van der Waals surface area contributed by atoms with Crippen LogP contribution in [-0.4, -0.2) is 36.7 Å². The van der Waals surface area contributed by atoms with Crippen LogP contribution in [-0.2, 0) is 19.0 Å². The highest BCUT2D eigenvalue weighted by Gasteiger charge is 2.70. The number of benzene rings is 2. The molecule has 6 rings (SSSR count). The summed E-state index contributed by atoms with van der Waals surface area (Å²) in [5.74, 6) is -0.252. The van der Waals surface area contributed by atoms with Gasteiger partial charge in [-0.05, 0) is 106 Å². The molecule has 0 N–H and O–H groups in total. The number of carbonyl (C=O) groups is 3. The van der Waals surface area contributed by atoms with Crippen molar-refractivity contribution in [2.24, 2.45) is 34.0 Å². The molecular weight excluding hydrogens is 552 g/mol. The molecule has 4 aliphatic carbocycles. The van der Waals surface area contributed by atoms with E-state index in [1.165, 1.54) is 12.5 Å². The van der Waals surface area contributed by atoms with Crippen LogP contribution in [0.4, 0.5) is 0 Å². The monoisotopic (exact) mass is 598 g/mol. The first-order valence-corrected chi connectivity index (χ1v) is 16.2. The predicted octanol–water partition coefficient (Wildman–Crippen LogP) is 7.81. The van der Waals surface area contributed by atoms with Gasteiger partial charge in [-0.2, -0.15) is 0 Å². The molecule has 0 aliphatic heterocycles. The Bertz CT molecular complexity index is 1460. The van der Waals surface area contributed by atoms with Gasteiger partial charge in [0.05, 0.1) is 11.1 Å². The minimum absolute atomic E-state index is 0.00391. The smallest absolute Gasteiger partial charge is 0.338 e. The van der Waals surface area contributed by atoms with Crippen molar-refractivity contribution in [3.63, 3.8) is 0 Å².